The number of ether oxygens (including phenoxy) is 1. The summed E-state index contributed by atoms with van der Waals surface area (Å²) < 4.78 is 41.1. The van der Waals surface area contributed by atoms with E-state index in [9.17, 15) is 18.0 Å². The summed E-state index contributed by atoms with van der Waals surface area (Å²) in [5, 5.41) is 0. The van der Waals surface area contributed by atoms with Gasteiger partial charge < -0.3 is 4.74 Å². The summed E-state index contributed by atoms with van der Waals surface area (Å²) in [6, 6.07) is 1.79. The molecule has 1 heterocycles. The van der Waals surface area contributed by atoms with Crippen molar-refractivity contribution in [3.63, 3.8) is 0 Å². The first-order valence-electron chi connectivity index (χ1n) is 3.59. The van der Waals surface area contributed by atoms with E-state index in [2.05, 4.69) is 9.72 Å². The molecule has 0 bridgehead atoms. The number of hydrogen-bond acceptors (Lipinski definition) is 3. The van der Waals surface area contributed by atoms with Crippen molar-refractivity contribution in [1.82, 2.24) is 4.98 Å². The number of methoxy groups -OCH3 is 1. The zero-order valence-corrected chi connectivity index (χ0v) is 7.13. The van der Waals surface area contributed by atoms with Crippen molar-refractivity contribution in [2.75, 3.05) is 7.11 Å². The highest BCUT2D eigenvalue weighted by atomic mass is 19.3. The molecule has 0 radical (unpaired) electrons. The van der Waals surface area contributed by atoms with Crippen molar-refractivity contribution in [3.8, 4) is 0 Å². The molecule has 0 fully saturated rings. The fourth-order valence-corrected chi connectivity index (χ4v) is 0.826. The number of nitrogens with zero attached hydrogens (tertiary/aromatic N) is 1. The van der Waals surface area contributed by atoms with Gasteiger partial charge in [-0.25, -0.2) is 18.6 Å². The van der Waals surface area contributed by atoms with Crippen LogP contribution in [0.3, 0.4) is 0 Å². The van der Waals surface area contributed by atoms with Gasteiger partial charge in [-0.15, -0.1) is 0 Å². The van der Waals surface area contributed by atoms with Gasteiger partial charge in [0.05, 0.1) is 12.7 Å². The minimum absolute atomic E-state index is 0.339. The van der Waals surface area contributed by atoms with E-state index >= 15 is 0 Å². The summed E-state index contributed by atoms with van der Waals surface area (Å²) in [4.78, 5) is 13.9. The van der Waals surface area contributed by atoms with E-state index < -0.39 is 23.9 Å². The zero-order chi connectivity index (χ0) is 10.7. The predicted octanol–water partition coefficient (Wildman–Crippen LogP) is 1.94. The quantitative estimate of drug-likeness (QED) is 0.547. The molecule has 14 heavy (non-hydrogen) atoms. The molecule has 0 saturated carbocycles. The smallest absolute Gasteiger partial charge is 0.356 e. The van der Waals surface area contributed by atoms with E-state index in [4.69, 9.17) is 0 Å². The average Bonchev–Trinajstić information content (AvgIpc) is 2.15. The first-order valence-corrected chi connectivity index (χ1v) is 3.59. The van der Waals surface area contributed by atoms with Crippen molar-refractivity contribution in [2.45, 2.75) is 6.43 Å². The molecule has 3 nitrogen and oxygen atoms in total. The molecule has 0 saturated heterocycles. The van der Waals surface area contributed by atoms with Crippen LogP contribution in [-0.4, -0.2) is 18.1 Å². The molecule has 0 aromatic carbocycles. The fourth-order valence-electron chi connectivity index (χ4n) is 0.826. The normalized spacial score (nSPS) is 10.4. The van der Waals surface area contributed by atoms with Gasteiger partial charge in [-0.1, -0.05) is 0 Å². The molecule has 0 amide bonds. The first-order chi connectivity index (χ1) is 6.56. The Bertz CT molecular complexity index is 354. The van der Waals surface area contributed by atoms with Crippen LogP contribution >= 0.6 is 0 Å². The molecule has 6 heteroatoms. The number of carbonyl (C=O) groups is 1. The van der Waals surface area contributed by atoms with Gasteiger partial charge in [-0.3, -0.25) is 0 Å². The number of carbonyl (C=O) groups excluding carboxylic acids is 1. The van der Waals surface area contributed by atoms with Crippen LogP contribution in [0.25, 0.3) is 0 Å². The van der Waals surface area contributed by atoms with Crippen LogP contribution in [0.5, 0.6) is 0 Å². The molecule has 0 unspecified atom stereocenters. The lowest BCUT2D eigenvalue weighted by Gasteiger charge is -2.02. The second-order valence-corrected chi connectivity index (χ2v) is 2.37. The van der Waals surface area contributed by atoms with Crippen molar-refractivity contribution in [1.29, 1.82) is 0 Å². The third-order valence-electron chi connectivity index (χ3n) is 1.51. The lowest BCUT2D eigenvalue weighted by atomic mass is 10.2. The number of halogens is 3. The third kappa shape index (κ3) is 2.01. The Morgan fingerprint density at radius 1 is 1.50 bits per heavy atom. The van der Waals surface area contributed by atoms with Crippen LogP contribution in [0.1, 0.15) is 22.5 Å². The molecule has 1 rings (SSSR count). The van der Waals surface area contributed by atoms with Crippen LogP contribution in [0.2, 0.25) is 0 Å². The molecule has 0 spiro atoms. The molecule has 0 atom stereocenters. The lowest BCUT2D eigenvalue weighted by molar-refractivity contribution is 0.0591. The van der Waals surface area contributed by atoms with Crippen molar-refractivity contribution in [3.05, 3.63) is 29.3 Å². The summed E-state index contributed by atoms with van der Waals surface area (Å²) in [6.45, 7) is 0. The van der Waals surface area contributed by atoms with Gasteiger partial charge in [0, 0.05) is 0 Å². The predicted molar refractivity (Wildman–Crippen MR) is 40.5 cm³/mol. The van der Waals surface area contributed by atoms with Crippen LogP contribution in [0.4, 0.5) is 13.2 Å². The second kappa shape index (κ2) is 4.08. The standard InChI is InChI=1S/C8H6F3NO2/c1-14-8(13)5-3-2-4(6(9)10)7(11)12-5/h2-3,6H,1H3. The molecule has 1 aromatic rings. The topological polar surface area (TPSA) is 39.2 Å². The van der Waals surface area contributed by atoms with Crippen molar-refractivity contribution >= 4 is 5.97 Å². The van der Waals surface area contributed by atoms with E-state index in [1.165, 1.54) is 0 Å². The summed E-state index contributed by atoms with van der Waals surface area (Å²) in [7, 11) is 1.09. The van der Waals surface area contributed by atoms with E-state index in [-0.39, 0.29) is 5.69 Å². The Morgan fingerprint density at radius 3 is 2.57 bits per heavy atom. The summed E-state index contributed by atoms with van der Waals surface area (Å²) >= 11 is 0. The molecule has 1 aromatic heterocycles. The minimum Gasteiger partial charge on any atom is -0.464 e. The van der Waals surface area contributed by atoms with Crippen molar-refractivity contribution < 1.29 is 22.7 Å². The highest BCUT2D eigenvalue weighted by Gasteiger charge is 2.17. The van der Waals surface area contributed by atoms with Gasteiger partial charge in [0.2, 0.25) is 5.95 Å². The van der Waals surface area contributed by atoms with Crippen LogP contribution < -0.4 is 0 Å². The summed E-state index contributed by atoms with van der Waals surface area (Å²) in [5.74, 6) is -2.23. The molecule has 0 aliphatic rings. The Balaban J connectivity index is 3.06. The highest BCUT2D eigenvalue weighted by Crippen LogP contribution is 2.20. The molecule has 0 aliphatic heterocycles. The maximum absolute atomic E-state index is 12.8. The number of rotatable bonds is 2. The molecule has 0 N–H and O–H groups in total. The van der Waals surface area contributed by atoms with Gasteiger partial charge >= 0.3 is 5.97 Å². The minimum atomic E-state index is -2.95. The van der Waals surface area contributed by atoms with Crippen molar-refractivity contribution in [2.24, 2.45) is 0 Å². The Labute approximate surface area is 77.5 Å². The largest absolute Gasteiger partial charge is 0.464 e. The number of esters is 1. The van der Waals surface area contributed by atoms with Crippen LogP contribution in [0.15, 0.2) is 12.1 Å². The van der Waals surface area contributed by atoms with E-state index in [1.54, 1.807) is 0 Å². The van der Waals surface area contributed by atoms with Gasteiger partial charge in [-0.05, 0) is 12.1 Å². The molecule has 0 aliphatic carbocycles. The van der Waals surface area contributed by atoms with Crippen LogP contribution in [-0.2, 0) is 4.74 Å². The second-order valence-electron chi connectivity index (χ2n) is 2.37. The van der Waals surface area contributed by atoms with Gasteiger partial charge in [0.15, 0.2) is 5.69 Å². The van der Waals surface area contributed by atoms with E-state index in [1.807, 2.05) is 0 Å². The number of pyridine rings is 1. The SMILES string of the molecule is COC(=O)c1ccc(C(F)F)c(F)n1. The van der Waals surface area contributed by atoms with Crippen LogP contribution in [0, 0.1) is 5.95 Å². The number of hydrogen-bond donors (Lipinski definition) is 0. The average molecular weight is 205 g/mol. The monoisotopic (exact) mass is 205 g/mol. The maximum Gasteiger partial charge on any atom is 0.356 e. The maximum atomic E-state index is 12.8. The Kier molecular flexibility index (Phi) is 3.06. The lowest BCUT2D eigenvalue weighted by Crippen LogP contribution is -2.07. The van der Waals surface area contributed by atoms with E-state index in [0.29, 0.717) is 0 Å². The van der Waals surface area contributed by atoms with Gasteiger partial charge in [-0.2, -0.15) is 4.39 Å². The first kappa shape index (κ1) is 10.5. The Hall–Kier alpha value is -1.59. The van der Waals surface area contributed by atoms with Gasteiger partial charge in [0.1, 0.15) is 0 Å². The summed E-state index contributed by atoms with van der Waals surface area (Å²) in [6.07, 6.45) is -2.95. The van der Waals surface area contributed by atoms with Gasteiger partial charge in [0.25, 0.3) is 6.43 Å². The Morgan fingerprint density at radius 2 is 2.14 bits per heavy atom. The molecular formula is C8H6F3NO2. The molecule has 76 valence electrons. The fraction of sp³-hybridized carbons (Fsp3) is 0.250. The number of aromatic nitrogens is 1. The van der Waals surface area contributed by atoms with E-state index in [0.717, 1.165) is 19.2 Å². The number of alkyl halides is 2. The highest BCUT2D eigenvalue weighted by molar-refractivity contribution is 5.87. The third-order valence-corrected chi connectivity index (χ3v) is 1.51. The summed E-state index contributed by atoms with van der Waals surface area (Å²) in [5.41, 5.74) is -1.17. The molecular weight excluding hydrogens is 199 g/mol. The zero-order valence-electron chi connectivity index (χ0n) is 7.13.